The highest BCUT2D eigenvalue weighted by Crippen LogP contribution is 2.26. The predicted octanol–water partition coefficient (Wildman–Crippen LogP) is 6.83. The van der Waals surface area contributed by atoms with Crippen LogP contribution in [0.25, 0.3) is 0 Å². The maximum Gasteiger partial charge on any atom is 0.255 e. The molecule has 4 aromatic rings. The number of ether oxygens (including phenoxy) is 2. The molecule has 3 aromatic carbocycles. The molecule has 1 N–H and O–H groups in total. The second-order valence-corrected chi connectivity index (χ2v) is 9.01. The summed E-state index contributed by atoms with van der Waals surface area (Å²) in [4.78, 5) is 13.1. The average molecular weight is 528 g/mol. The van der Waals surface area contributed by atoms with Gasteiger partial charge in [-0.05, 0) is 74.0 Å². The van der Waals surface area contributed by atoms with Crippen molar-refractivity contribution < 1.29 is 18.7 Å². The van der Waals surface area contributed by atoms with E-state index in [-0.39, 0.29) is 12.5 Å². The van der Waals surface area contributed by atoms with Crippen molar-refractivity contribution in [2.75, 3.05) is 12.4 Å². The number of hydrogen-bond acceptors (Lipinski definition) is 4. The molecular weight excluding hydrogens is 504 g/mol. The summed E-state index contributed by atoms with van der Waals surface area (Å²) in [7, 11) is 1.56. The summed E-state index contributed by atoms with van der Waals surface area (Å²) >= 11 is 12.1. The number of carbonyl (C=O) groups is 1. The number of aromatic nitrogens is 2. The van der Waals surface area contributed by atoms with Crippen LogP contribution in [0.2, 0.25) is 10.0 Å². The highest BCUT2D eigenvalue weighted by molar-refractivity contribution is 6.31. The maximum absolute atomic E-state index is 13.4. The summed E-state index contributed by atoms with van der Waals surface area (Å²) < 4.78 is 26.4. The molecule has 186 valence electrons. The normalized spacial score (nSPS) is 10.8. The van der Waals surface area contributed by atoms with E-state index in [9.17, 15) is 9.18 Å². The number of nitrogens with one attached hydrogen (secondary N) is 1. The van der Waals surface area contributed by atoms with Gasteiger partial charge in [0.05, 0.1) is 30.7 Å². The van der Waals surface area contributed by atoms with Gasteiger partial charge >= 0.3 is 0 Å². The standard InChI is InChI=1S/C27H24Cl2FN3O3/c1-16-26(17(2)33(32-16)14-19-4-8-22(30)13-24(19)29)31-27(34)18-5-11-25(35-3)20(12-18)15-36-23-9-6-21(28)7-10-23/h4-13H,14-15H2,1-3H3,(H,31,34). The van der Waals surface area contributed by atoms with E-state index in [1.165, 1.54) is 12.1 Å². The van der Waals surface area contributed by atoms with Crippen molar-refractivity contribution in [1.82, 2.24) is 9.78 Å². The Bertz CT molecular complexity index is 1400. The fourth-order valence-electron chi connectivity index (χ4n) is 3.75. The lowest BCUT2D eigenvalue weighted by Gasteiger charge is -2.13. The number of halogens is 3. The molecule has 0 atom stereocenters. The molecule has 1 aromatic heterocycles. The van der Waals surface area contributed by atoms with Gasteiger partial charge in [-0.1, -0.05) is 29.3 Å². The SMILES string of the molecule is COc1ccc(C(=O)Nc2c(C)nn(Cc3ccc(F)cc3Cl)c2C)cc1COc1ccc(Cl)cc1. The molecule has 1 heterocycles. The van der Waals surface area contributed by atoms with Gasteiger partial charge in [-0.3, -0.25) is 9.48 Å². The van der Waals surface area contributed by atoms with E-state index >= 15 is 0 Å². The van der Waals surface area contributed by atoms with Crippen LogP contribution in [0.3, 0.4) is 0 Å². The second-order valence-electron chi connectivity index (χ2n) is 8.16. The van der Waals surface area contributed by atoms with Crippen molar-refractivity contribution in [2.24, 2.45) is 0 Å². The van der Waals surface area contributed by atoms with Gasteiger partial charge in [-0.25, -0.2) is 4.39 Å². The van der Waals surface area contributed by atoms with Gasteiger partial charge < -0.3 is 14.8 Å². The van der Waals surface area contributed by atoms with Gasteiger partial charge in [0, 0.05) is 21.2 Å². The van der Waals surface area contributed by atoms with E-state index in [4.69, 9.17) is 32.7 Å². The van der Waals surface area contributed by atoms with Gasteiger partial charge in [0.25, 0.3) is 5.91 Å². The molecule has 1 amide bonds. The molecule has 4 rings (SSSR count). The van der Waals surface area contributed by atoms with Crippen LogP contribution in [-0.4, -0.2) is 22.8 Å². The number of hydrogen-bond donors (Lipinski definition) is 1. The van der Waals surface area contributed by atoms with Crippen LogP contribution in [0.1, 0.15) is 32.9 Å². The third-order valence-corrected chi connectivity index (χ3v) is 6.31. The molecule has 0 aliphatic rings. The van der Waals surface area contributed by atoms with E-state index in [1.54, 1.807) is 60.3 Å². The molecule has 0 aliphatic carbocycles. The summed E-state index contributed by atoms with van der Waals surface area (Å²) in [5, 5.41) is 8.43. The molecule has 0 aliphatic heterocycles. The van der Waals surface area contributed by atoms with Gasteiger partial charge in [-0.2, -0.15) is 5.10 Å². The minimum absolute atomic E-state index is 0.209. The van der Waals surface area contributed by atoms with Gasteiger partial charge in [-0.15, -0.1) is 0 Å². The van der Waals surface area contributed by atoms with Crippen molar-refractivity contribution in [3.63, 3.8) is 0 Å². The first kappa shape index (κ1) is 25.5. The number of methoxy groups -OCH3 is 1. The van der Waals surface area contributed by atoms with Crippen LogP contribution in [0.4, 0.5) is 10.1 Å². The van der Waals surface area contributed by atoms with Crippen LogP contribution < -0.4 is 14.8 Å². The molecule has 0 fully saturated rings. The Labute approximate surface area is 218 Å². The van der Waals surface area contributed by atoms with Crippen molar-refractivity contribution in [1.29, 1.82) is 0 Å². The number of aryl methyl sites for hydroxylation is 1. The van der Waals surface area contributed by atoms with Crippen LogP contribution >= 0.6 is 23.2 Å². The Morgan fingerprint density at radius 2 is 1.78 bits per heavy atom. The Hall–Kier alpha value is -3.55. The molecule has 0 saturated carbocycles. The highest BCUT2D eigenvalue weighted by atomic mass is 35.5. The van der Waals surface area contributed by atoms with E-state index in [0.29, 0.717) is 45.0 Å². The fourth-order valence-corrected chi connectivity index (χ4v) is 4.11. The Balaban J connectivity index is 1.51. The Morgan fingerprint density at radius 3 is 2.47 bits per heavy atom. The fraction of sp³-hybridized carbons (Fsp3) is 0.185. The second kappa shape index (κ2) is 11.0. The molecule has 9 heteroatoms. The van der Waals surface area contributed by atoms with Crippen LogP contribution in [-0.2, 0) is 13.2 Å². The number of carbonyl (C=O) groups excluding carboxylic acids is 1. The minimum atomic E-state index is -0.400. The number of amides is 1. The molecular formula is C27H24Cl2FN3O3. The van der Waals surface area contributed by atoms with Gasteiger partial charge in [0.2, 0.25) is 0 Å². The first-order chi connectivity index (χ1) is 17.2. The van der Waals surface area contributed by atoms with E-state index < -0.39 is 5.82 Å². The number of nitrogens with zero attached hydrogens (tertiary/aromatic N) is 2. The first-order valence-electron chi connectivity index (χ1n) is 11.1. The average Bonchev–Trinajstić information content (AvgIpc) is 3.12. The smallest absolute Gasteiger partial charge is 0.255 e. The predicted molar refractivity (Wildman–Crippen MR) is 139 cm³/mol. The zero-order valence-corrected chi connectivity index (χ0v) is 21.5. The lowest BCUT2D eigenvalue weighted by atomic mass is 10.1. The third-order valence-electron chi connectivity index (χ3n) is 5.71. The highest BCUT2D eigenvalue weighted by Gasteiger charge is 2.18. The van der Waals surface area contributed by atoms with E-state index in [1.807, 2.05) is 13.8 Å². The molecule has 0 bridgehead atoms. The molecule has 36 heavy (non-hydrogen) atoms. The third kappa shape index (κ3) is 5.80. The maximum atomic E-state index is 13.4. The zero-order valence-electron chi connectivity index (χ0n) is 19.9. The number of benzene rings is 3. The van der Waals surface area contributed by atoms with Crippen molar-refractivity contribution in [2.45, 2.75) is 27.0 Å². The Kier molecular flexibility index (Phi) is 7.82. The minimum Gasteiger partial charge on any atom is -0.496 e. The quantitative estimate of drug-likeness (QED) is 0.272. The number of rotatable bonds is 8. The monoisotopic (exact) mass is 527 g/mol. The molecule has 0 saturated heterocycles. The van der Waals surface area contributed by atoms with Crippen LogP contribution in [0.5, 0.6) is 11.5 Å². The Morgan fingerprint density at radius 1 is 1.03 bits per heavy atom. The van der Waals surface area contributed by atoms with Gasteiger partial charge in [0.15, 0.2) is 0 Å². The van der Waals surface area contributed by atoms with E-state index in [0.717, 1.165) is 16.8 Å². The molecule has 6 nitrogen and oxygen atoms in total. The number of anilines is 1. The zero-order chi connectivity index (χ0) is 25.8. The summed E-state index contributed by atoms with van der Waals surface area (Å²) in [6, 6.07) is 16.4. The topological polar surface area (TPSA) is 65.4 Å². The van der Waals surface area contributed by atoms with Crippen molar-refractivity contribution in [3.05, 3.63) is 105 Å². The summed E-state index contributed by atoms with van der Waals surface area (Å²) in [6.45, 7) is 4.22. The lowest BCUT2D eigenvalue weighted by Crippen LogP contribution is -2.14. The summed E-state index contributed by atoms with van der Waals surface area (Å²) in [5.41, 5.74) is 3.89. The first-order valence-corrected chi connectivity index (χ1v) is 11.9. The van der Waals surface area contributed by atoms with Crippen molar-refractivity contribution in [3.8, 4) is 11.5 Å². The largest absolute Gasteiger partial charge is 0.496 e. The van der Waals surface area contributed by atoms with Crippen LogP contribution in [0, 0.1) is 19.7 Å². The molecule has 0 radical (unpaired) electrons. The molecule has 0 unspecified atom stereocenters. The summed E-state index contributed by atoms with van der Waals surface area (Å²) in [5.74, 6) is 0.562. The summed E-state index contributed by atoms with van der Waals surface area (Å²) in [6.07, 6.45) is 0. The van der Waals surface area contributed by atoms with Gasteiger partial charge in [0.1, 0.15) is 23.9 Å². The molecule has 0 spiro atoms. The van der Waals surface area contributed by atoms with Crippen LogP contribution in [0.15, 0.2) is 60.7 Å². The lowest BCUT2D eigenvalue weighted by molar-refractivity contribution is 0.102. The van der Waals surface area contributed by atoms with Crippen molar-refractivity contribution >= 4 is 34.8 Å². The van der Waals surface area contributed by atoms with E-state index in [2.05, 4.69) is 10.4 Å².